The zero-order chi connectivity index (χ0) is 14.5. The third-order valence-corrected chi connectivity index (χ3v) is 5.05. The van der Waals surface area contributed by atoms with E-state index in [9.17, 15) is 8.42 Å². The quantitative estimate of drug-likeness (QED) is 0.865. The van der Waals surface area contributed by atoms with Crippen LogP contribution in [0.15, 0.2) is 23.1 Å². The smallest absolute Gasteiger partial charge is 0.244 e. The van der Waals surface area contributed by atoms with Crippen LogP contribution in [0.5, 0.6) is 0 Å². The highest BCUT2D eigenvalue weighted by molar-refractivity contribution is 7.89. The van der Waals surface area contributed by atoms with Gasteiger partial charge in [-0.25, -0.2) is 8.42 Å². The Morgan fingerprint density at radius 2 is 2.16 bits per heavy atom. The van der Waals surface area contributed by atoms with Gasteiger partial charge in [0.05, 0.1) is 16.7 Å². The molecule has 1 N–H and O–H groups in total. The van der Waals surface area contributed by atoms with E-state index >= 15 is 0 Å². The Kier molecular flexibility index (Phi) is 5.76. The molecule has 0 spiro atoms. The lowest BCUT2D eigenvalue weighted by Crippen LogP contribution is -2.32. The Bertz CT molecular complexity index is 581. The van der Waals surface area contributed by atoms with Crippen molar-refractivity contribution in [2.45, 2.75) is 18.2 Å². The van der Waals surface area contributed by atoms with E-state index in [1.54, 1.807) is 6.92 Å². The van der Waals surface area contributed by atoms with Crippen LogP contribution in [0.1, 0.15) is 18.9 Å². The van der Waals surface area contributed by atoms with Crippen LogP contribution in [0.25, 0.3) is 0 Å². The van der Waals surface area contributed by atoms with Crippen LogP contribution in [-0.2, 0) is 10.0 Å². The monoisotopic (exact) mass is 302 g/mol. The molecule has 0 unspecified atom stereocenters. The van der Waals surface area contributed by atoms with Crippen molar-refractivity contribution >= 4 is 21.6 Å². The number of aliphatic hydroxyl groups excluding tert-OH is 1. The Morgan fingerprint density at radius 3 is 2.63 bits per heavy atom. The van der Waals surface area contributed by atoms with E-state index in [-0.39, 0.29) is 23.1 Å². The predicted octanol–water partition coefficient (Wildman–Crippen LogP) is 1.60. The van der Waals surface area contributed by atoms with Gasteiger partial charge in [-0.3, -0.25) is 0 Å². The van der Waals surface area contributed by atoms with Gasteiger partial charge in [0.25, 0.3) is 0 Å². The SMILES string of the molecule is CCN(CCCO)S(=O)(=O)c1ccc(C#N)cc1Cl. The maximum atomic E-state index is 12.4. The fourth-order valence-electron chi connectivity index (χ4n) is 1.61. The van der Waals surface area contributed by atoms with E-state index in [0.29, 0.717) is 18.5 Å². The first kappa shape index (κ1) is 15.9. The number of nitrogens with zero attached hydrogens (tertiary/aromatic N) is 2. The first-order valence-corrected chi connectivity index (χ1v) is 7.59. The molecule has 0 saturated carbocycles. The van der Waals surface area contributed by atoms with Crippen LogP contribution in [0, 0.1) is 11.3 Å². The summed E-state index contributed by atoms with van der Waals surface area (Å²) < 4.78 is 26.0. The summed E-state index contributed by atoms with van der Waals surface area (Å²) in [5, 5.41) is 17.5. The number of hydrogen-bond acceptors (Lipinski definition) is 4. The molecule has 0 aliphatic carbocycles. The molecule has 0 aromatic heterocycles. The number of halogens is 1. The topological polar surface area (TPSA) is 81.4 Å². The molecule has 0 saturated heterocycles. The summed E-state index contributed by atoms with van der Waals surface area (Å²) in [5.41, 5.74) is 0.308. The fourth-order valence-corrected chi connectivity index (χ4v) is 3.62. The van der Waals surface area contributed by atoms with Crippen LogP contribution in [-0.4, -0.2) is 37.5 Å². The molecule has 0 amide bonds. The first-order valence-electron chi connectivity index (χ1n) is 5.78. The lowest BCUT2D eigenvalue weighted by atomic mass is 10.2. The van der Waals surface area contributed by atoms with Gasteiger partial charge in [-0.05, 0) is 24.6 Å². The number of sulfonamides is 1. The Morgan fingerprint density at radius 1 is 1.47 bits per heavy atom. The number of nitriles is 1. The van der Waals surface area contributed by atoms with Crippen LogP contribution < -0.4 is 0 Å². The van der Waals surface area contributed by atoms with Crippen molar-refractivity contribution < 1.29 is 13.5 Å². The van der Waals surface area contributed by atoms with Crippen molar-refractivity contribution in [3.8, 4) is 6.07 Å². The molecule has 0 aliphatic rings. The minimum atomic E-state index is -3.70. The van der Waals surface area contributed by atoms with E-state index in [0.717, 1.165) is 0 Å². The molecule has 1 rings (SSSR count). The second kappa shape index (κ2) is 6.87. The maximum Gasteiger partial charge on any atom is 0.244 e. The molecule has 0 radical (unpaired) electrons. The van der Waals surface area contributed by atoms with Crippen LogP contribution >= 0.6 is 11.6 Å². The highest BCUT2D eigenvalue weighted by atomic mass is 35.5. The second-order valence-corrected chi connectivity index (χ2v) is 6.14. The van der Waals surface area contributed by atoms with Gasteiger partial charge < -0.3 is 5.11 Å². The molecule has 5 nitrogen and oxygen atoms in total. The van der Waals surface area contributed by atoms with E-state index in [1.807, 2.05) is 6.07 Å². The lowest BCUT2D eigenvalue weighted by molar-refractivity contribution is 0.271. The summed E-state index contributed by atoms with van der Waals surface area (Å²) in [6.07, 6.45) is 0.362. The summed E-state index contributed by atoms with van der Waals surface area (Å²) in [4.78, 5) is -0.0204. The molecular weight excluding hydrogens is 288 g/mol. The van der Waals surface area contributed by atoms with E-state index < -0.39 is 10.0 Å². The molecule has 0 bridgehead atoms. The van der Waals surface area contributed by atoms with Crippen LogP contribution in [0.2, 0.25) is 5.02 Å². The van der Waals surface area contributed by atoms with Gasteiger partial charge in [-0.1, -0.05) is 18.5 Å². The molecule has 0 heterocycles. The Hall–Kier alpha value is -1.13. The minimum Gasteiger partial charge on any atom is -0.396 e. The molecule has 19 heavy (non-hydrogen) atoms. The van der Waals surface area contributed by atoms with Crippen molar-refractivity contribution in [1.29, 1.82) is 5.26 Å². The van der Waals surface area contributed by atoms with Gasteiger partial charge >= 0.3 is 0 Å². The first-order chi connectivity index (χ1) is 8.97. The van der Waals surface area contributed by atoms with Crippen molar-refractivity contribution in [2.75, 3.05) is 19.7 Å². The van der Waals surface area contributed by atoms with Gasteiger partial charge in [0.15, 0.2) is 0 Å². The summed E-state index contributed by atoms with van der Waals surface area (Å²) in [7, 11) is -3.70. The molecule has 0 aliphatic heterocycles. The van der Waals surface area contributed by atoms with Gasteiger partial charge in [0.1, 0.15) is 4.90 Å². The summed E-state index contributed by atoms with van der Waals surface area (Å²) >= 11 is 5.92. The van der Waals surface area contributed by atoms with Crippen molar-refractivity contribution in [3.05, 3.63) is 28.8 Å². The zero-order valence-electron chi connectivity index (χ0n) is 10.5. The van der Waals surface area contributed by atoms with Gasteiger partial charge in [0.2, 0.25) is 10.0 Å². The summed E-state index contributed by atoms with van der Waals surface area (Å²) in [6, 6.07) is 5.97. The van der Waals surface area contributed by atoms with Gasteiger partial charge in [-0.15, -0.1) is 0 Å². The molecule has 7 heteroatoms. The number of aliphatic hydroxyl groups is 1. The van der Waals surface area contributed by atoms with Crippen molar-refractivity contribution in [3.63, 3.8) is 0 Å². The number of rotatable bonds is 6. The second-order valence-electron chi connectivity index (χ2n) is 3.83. The normalized spacial score (nSPS) is 11.5. The predicted molar refractivity (Wildman–Crippen MR) is 72.3 cm³/mol. The molecule has 0 atom stereocenters. The zero-order valence-corrected chi connectivity index (χ0v) is 12.1. The molecule has 1 aromatic carbocycles. The number of hydrogen-bond donors (Lipinski definition) is 1. The maximum absolute atomic E-state index is 12.4. The third kappa shape index (κ3) is 3.67. The Labute approximate surface area is 118 Å². The third-order valence-electron chi connectivity index (χ3n) is 2.60. The molecule has 1 aromatic rings. The number of benzene rings is 1. The summed E-state index contributed by atoms with van der Waals surface area (Å²) in [5.74, 6) is 0. The molecular formula is C12H15ClN2O3S. The van der Waals surface area contributed by atoms with Crippen molar-refractivity contribution in [1.82, 2.24) is 4.31 Å². The van der Waals surface area contributed by atoms with Crippen molar-refractivity contribution in [2.24, 2.45) is 0 Å². The molecule has 104 valence electrons. The Balaban J connectivity index is 3.15. The minimum absolute atomic E-state index is 0.0204. The van der Waals surface area contributed by atoms with Gasteiger partial charge in [0, 0.05) is 19.7 Å². The average molecular weight is 303 g/mol. The van der Waals surface area contributed by atoms with E-state index in [4.69, 9.17) is 22.0 Å². The van der Waals surface area contributed by atoms with E-state index in [1.165, 1.54) is 22.5 Å². The highest BCUT2D eigenvalue weighted by Crippen LogP contribution is 2.25. The fraction of sp³-hybridized carbons (Fsp3) is 0.417. The largest absolute Gasteiger partial charge is 0.396 e. The molecule has 0 fully saturated rings. The average Bonchev–Trinajstić information content (AvgIpc) is 2.38. The van der Waals surface area contributed by atoms with Gasteiger partial charge in [-0.2, -0.15) is 9.57 Å². The van der Waals surface area contributed by atoms with E-state index in [2.05, 4.69) is 0 Å². The lowest BCUT2D eigenvalue weighted by Gasteiger charge is -2.20. The van der Waals surface area contributed by atoms with Crippen LogP contribution in [0.4, 0.5) is 0 Å². The highest BCUT2D eigenvalue weighted by Gasteiger charge is 2.25. The summed E-state index contributed by atoms with van der Waals surface area (Å²) in [6.45, 7) is 2.16. The van der Waals surface area contributed by atoms with Crippen LogP contribution in [0.3, 0.4) is 0 Å². The standard InChI is InChI=1S/C12H15ClN2O3S/c1-2-15(6-3-7-16)19(17,18)12-5-4-10(9-14)8-11(12)13/h4-5,8,16H,2-3,6-7H2,1H3.